The number of carboxylic acids is 1. The van der Waals surface area contributed by atoms with Crippen LogP contribution in [0.1, 0.15) is 15.2 Å². The molecule has 96 valence electrons. The van der Waals surface area contributed by atoms with Crippen LogP contribution in [0.25, 0.3) is 10.9 Å². The Morgan fingerprint density at radius 2 is 2.16 bits per heavy atom. The number of aromatic nitrogens is 1. The van der Waals surface area contributed by atoms with E-state index in [0.717, 1.165) is 23.9 Å². The molecule has 0 saturated heterocycles. The van der Waals surface area contributed by atoms with Gasteiger partial charge in [-0.2, -0.15) is 0 Å². The van der Waals surface area contributed by atoms with Crippen LogP contribution in [0, 0.1) is 0 Å². The maximum Gasteiger partial charge on any atom is 0.335 e. The summed E-state index contributed by atoms with van der Waals surface area (Å²) in [6.45, 7) is 0.868. The lowest BCUT2D eigenvalue weighted by atomic mass is 10.1. The van der Waals surface area contributed by atoms with Crippen LogP contribution >= 0.6 is 11.3 Å². The van der Waals surface area contributed by atoms with E-state index in [9.17, 15) is 4.79 Å². The van der Waals surface area contributed by atoms with Gasteiger partial charge in [-0.1, -0.05) is 12.1 Å². The fourth-order valence-electron chi connectivity index (χ4n) is 2.20. The first-order valence-electron chi connectivity index (χ1n) is 6.08. The summed E-state index contributed by atoms with van der Waals surface area (Å²) in [5.41, 5.74) is 1.32. The topological polar surface area (TPSA) is 42.2 Å². The average Bonchev–Trinajstić information content (AvgIpc) is 3.05. The van der Waals surface area contributed by atoms with Crippen molar-refractivity contribution in [1.29, 1.82) is 0 Å². The number of aromatic carboxylic acids is 1. The van der Waals surface area contributed by atoms with Crippen LogP contribution in [0.15, 0.2) is 48.0 Å². The lowest BCUT2D eigenvalue weighted by molar-refractivity contribution is 0.0697. The van der Waals surface area contributed by atoms with E-state index in [0.29, 0.717) is 5.56 Å². The number of fused-ring (bicyclic) bond motifs is 1. The van der Waals surface area contributed by atoms with E-state index in [1.54, 1.807) is 23.5 Å². The Kier molecular flexibility index (Phi) is 3.09. The van der Waals surface area contributed by atoms with Gasteiger partial charge >= 0.3 is 5.97 Å². The van der Waals surface area contributed by atoms with Crippen molar-refractivity contribution in [2.45, 2.75) is 13.0 Å². The van der Waals surface area contributed by atoms with Crippen LogP contribution in [-0.4, -0.2) is 15.6 Å². The van der Waals surface area contributed by atoms with Gasteiger partial charge in [-0.05, 0) is 41.5 Å². The monoisotopic (exact) mass is 271 g/mol. The normalized spacial score (nSPS) is 10.9. The Labute approximate surface area is 114 Å². The number of benzene rings is 1. The lowest BCUT2D eigenvalue weighted by Crippen LogP contribution is -2.00. The van der Waals surface area contributed by atoms with Crippen molar-refractivity contribution in [3.63, 3.8) is 0 Å². The van der Waals surface area contributed by atoms with Crippen molar-refractivity contribution in [2.75, 3.05) is 0 Å². The maximum absolute atomic E-state index is 11.0. The highest BCUT2D eigenvalue weighted by molar-refractivity contribution is 7.09. The van der Waals surface area contributed by atoms with Crippen LogP contribution in [0.4, 0.5) is 0 Å². The molecule has 2 heterocycles. The van der Waals surface area contributed by atoms with Crippen molar-refractivity contribution in [1.82, 2.24) is 4.57 Å². The fourth-order valence-corrected chi connectivity index (χ4v) is 2.90. The zero-order valence-electron chi connectivity index (χ0n) is 10.2. The smallest absolute Gasteiger partial charge is 0.335 e. The molecule has 0 radical (unpaired) electrons. The second kappa shape index (κ2) is 4.90. The quantitative estimate of drug-likeness (QED) is 0.787. The molecule has 0 unspecified atom stereocenters. The molecule has 0 aliphatic carbocycles. The highest BCUT2D eigenvalue weighted by atomic mass is 32.1. The van der Waals surface area contributed by atoms with Crippen molar-refractivity contribution in [3.05, 3.63) is 58.4 Å². The van der Waals surface area contributed by atoms with Gasteiger partial charge in [-0.15, -0.1) is 11.3 Å². The fraction of sp³-hybridized carbons (Fsp3) is 0.133. The predicted octanol–water partition coefficient (Wildman–Crippen LogP) is 3.64. The molecule has 19 heavy (non-hydrogen) atoms. The lowest BCUT2D eigenvalue weighted by Gasteiger charge is -2.05. The molecule has 3 rings (SSSR count). The van der Waals surface area contributed by atoms with E-state index < -0.39 is 5.97 Å². The Hall–Kier alpha value is -2.07. The Balaban J connectivity index is 1.90. The van der Waals surface area contributed by atoms with Gasteiger partial charge in [-0.25, -0.2) is 4.79 Å². The van der Waals surface area contributed by atoms with Crippen LogP contribution in [-0.2, 0) is 13.0 Å². The zero-order valence-corrected chi connectivity index (χ0v) is 11.1. The number of carbonyl (C=O) groups is 1. The molecule has 0 atom stereocenters. The number of thiophene rings is 1. The van der Waals surface area contributed by atoms with Crippen LogP contribution in [0.5, 0.6) is 0 Å². The molecule has 0 spiro atoms. The van der Waals surface area contributed by atoms with E-state index in [-0.39, 0.29) is 0 Å². The molecule has 4 heteroatoms. The molecule has 0 aliphatic rings. The third-order valence-electron chi connectivity index (χ3n) is 3.20. The van der Waals surface area contributed by atoms with Crippen molar-refractivity contribution >= 4 is 28.2 Å². The summed E-state index contributed by atoms with van der Waals surface area (Å²) >= 11 is 1.75. The summed E-state index contributed by atoms with van der Waals surface area (Å²) in [6, 6.07) is 11.4. The van der Waals surface area contributed by atoms with Crippen molar-refractivity contribution in [2.24, 2.45) is 0 Å². The predicted molar refractivity (Wildman–Crippen MR) is 76.9 cm³/mol. The van der Waals surface area contributed by atoms with Crippen LogP contribution in [0.2, 0.25) is 0 Å². The van der Waals surface area contributed by atoms with Gasteiger partial charge in [-0.3, -0.25) is 0 Å². The minimum Gasteiger partial charge on any atom is -0.478 e. The van der Waals surface area contributed by atoms with Gasteiger partial charge < -0.3 is 9.67 Å². The number of nitrogens with zero attached hydrogens (tertiary/aromatic N) is 1. The molecule has 1 N–H and O–H groups in total. The molecule has 2 aromatic heterocycles. The highest BCUT2D eigenvalue weighted by Crippen LogP contribution is 2.19. The molecule has 3 aromatic rings. The summed E-state index contributed by atoms with van der Waals surface area (Å²) in [5, 5.41) is 12.2. The molecule has 0 saturated carbocycles. The maximum atomic E-state index is 11.0. The van der Waals surface area contributed by atoms with E-state index in [1.807, 2.05) is 18.3 Å². The highest BCUT2D eigenvalue weighted by Gasteiger charge is 2.07. The minimum atomic E-state index is -0.882. The summed E-state index contributed by atoms with van der Waals surface area (Å²) in [6.07, 6.45) is 2.99. The molecule has 0 amide bonds. The number of rotatable bonds is 4. The molecular formula is C15H13NO2S. The minimum absolute atomic E-state index is 0.337. The molecule has 1 aromatic carbocycles. The Bertz CT molecular complexity index is 713. The number of aryl methyl sites for hydroxylation is 2. The summed E-state index contributed by atoms with van der Waals surface area (Å²) in [4.78, 5) is 12.4. The van der Waals surface area contributed by atoms with Gasteiger partial charge in [0.05, 0.1) is 5.56 Å². The second-order valence-electron chi connectivity index (χ2n) is 4.42. The van der Waals surface area contributed by atoms with E-state index in [1.165, 1.54) is 4.88 Å². The molecule has 0 aliphatic heterocycles. The first-order chi connectivity index (χ1) is 9.24. The van der Waals surface area contributed by atoms with Gasteiger partial charge in [0, 0.05) is 23.1 Å². The van der Waals surface area contributed by atoms with Gasteiger partial charge in [0.25, 0.3) is 0 Å². The second-order valence-corrected chi connectivity index (χ2v) is 5.45. The summed E-state index contributed by atoms with van der Waals surface area (Å²) in [5.74, 6) is -0.882. The zero-order chi connectivity index (χ0) is 13.2. The first-order valence-corrected chi connectivity index (χ1v) is 6.96. The van der Waals surface area contributed by atoms with Crippen LogP contribution < -0.4 is 0 Å². The van der Waals surface area contributed by atoms with Gasteiger partial charge in [0.1, 0.15) is 0 Å². The third kappa shape index (κ3) is 2.39. The first kappa shape index (κ1) is 12.0. The van der Waals surface area contributed by atoms with Crippen molar-refractivity contribution < 1.29 is 9.90 Å². The number of hydrogen-bond acceptors (Lipinski definition) is 2. The molecule has 3 nitrogen and oxygen atoms in total. The molecule has 0 bridgehead atoms. The van der Waals surface area contributed by atoms with E-state index in [2.05, 4.69) is 22.1 Å². The summed E-state index contributed by atoms with van der Waals surface area (Å²) in [7, 11) is 0. The number of carboxylic acid groups (broad SMARTS) is 1. The van der Waals surface area contributed by atoms with Gasteiger partial charge in [0.2, 0.25) is 0 Å². The number of hydrogen-bond donors (Lipinski definition) is 1. The molecule has 0 fully saturated rings. The van der Waals surface area contributed by atoms with Crippen molar-refractivity contribution in [3.8, 4) is 0 Å². The largest absolute Gasteiger partial charge is 0.478 e. The van der Waals surface area contributed by atoms with Gasteiger partial charge in [0.15, 0.2) is 0 Å². The van der Waals surface area contributed by atoms with E-state index >= 15 is 0 Å². The Morgan fingerprint density at radius 3 is 2.89 bits per heavy atom. The average molecular weight is 271 g/mol. The van der Waals surface area contributed by atoms with E-state index in [4.69, 9.17) is 5.11 Å². The third-order valence-corrected chi connectivity index (χ3v) is 4.14. The standard InChI is InChI=1S/C15H13NO2S/c17-15(18)12-4-3-11-5-7-16(14(11)10-12)8-6-13-2-1-9-19-13/h1-5,7,9-10H,6,8H2,(H,17,18). The van der Waals surface area contributed by atoms with Crippen LogP contribution in [0.3, 0.4) is 0 Å². The molecular weight excluding hydrogens is 258 g/mol. The summed E-state index contributed by atoms with van der Waals surface area (Å²) < 4.78 is 2.11. The SMILES string of the molecule is O=C(O)c1ccc2ccn(CCc3cccs3)c2c1. The Morgan fingerprint density at radius 1 is 1.26 bits per heavy atom.